The van der Waals surface area contributed by atoms with E-state index in [9.17, 15) is 0 Å². The van der Waals surface area contributed by atoms with Gasteiger partial charge in [-0.15, -0.1) is 31.2 Å². The van der Waals surface area contributed by atoms with Gasteiger partial charge in [0.2, 0.25) is 0 Å². The van der Waals surface area contributed by atoms with E-state index in [-0.39, 0.29) is 40.0 Å². The maximum absolute atomic E-state index is 3.26. The van der Waals surface area contributed by atoms with Crippen molar-refractivity contribution in [1.29, 1.82) is 0 Å². The third-order valence-electron chi connectivity index (χ3n) is 0.436. The molecule has 0 fully saturated rings. The minimum absolute atomic E-state index is 0. The molecule has 1 aromatic rings. The average molecular weight is 266 g/mol. The fourth-order valence-corrected chi connectivity index (χ4v) is 1.20. The van der Waals surface area contributed by atoms with Gasteiger partial charge >= 0.3 is 23.1 Å². The van der Waals surface area contributed by atoms with Crippen LogP contribution in [0.2, 0.25) is 0 Å². The molecule has 1 heterocycles. The first-order chi connectivity index (χ1) is 2.89. The summed E-state index contributed by atoms with van der Waals surface area (Å²) in [5.74, 6) is 0. The van der Waals surface area contributed by atoms with Gasteiger partial charge in [-0.3, -0.25) is 0 Å². The van der Waals surface area contributed by atoms with Gasteiger partial charge in [-0.2, -0.15) is 6.07 Å². The van der Waals surface area contributed by atoms with Crippen LogP contribution in [0.15, 0.2) is 15.9 Å². The fraction of sp³-hybridized carbons (Fsp3) is 0. The second-order valence-electron chi connectivity index (χ2n) is 0.883. The Kier molecular flexibility index (Phi) is 9.93. The fourth-order valence-electron chi connectivity index (χ4n) is 0.215. The number of halogens is 2. The van der Waals surface area contributed by atoms with Crippen LogP contribution in [0.5, 0.6) is 0 Å². The number of hydrogen-bond acceptors (Lipinski definition) is 1. The maximum Gasteiger partial charge on any atom is 2.00 e. The summed E-state index contributed by atoms with van der Waals surface area (Å²) in [4.78, 5) is 0. The van der Waals surface area contributed by atoms with Crippen LogP contribution in [0.3, 0.4) is 0 Å². The topological polar surface area (TPSA) is 0 Å². The van der Waals surface area contributed by atoms with Gasteiger partial charge in [-0.25, -0.2) is 0 Å². The molecule has 0 aromatic carbocycles. The van der Waals surface area contributed by atoms with Crippen molar-refractivity contribution in [3.05, 3.63) is 21.3 Å². The van der Waals surface area contributed by atoms with Crippen LogP contribution >= 0.6 is 27.3 Å². The van der Waals surface area contributed by atoms with E-state index < -0.39 is 0 Å². The van der Waals surface area contributed by atoms with E-state index in [1.54, 1.807) is 11.3 Å². The van der Waals surface area contributed by atoms with Gasteiger partial charge in [0, 0.05) is 0 Å². The summed E-state index contributed by atoms with van der Waals surface area (Å²) in [6.07, 6.45) is 0. The summed E-state index contributed by atoms with van der Waals surface area (Å²) in [7, 11) is 0. The Morgan fingerprint density at radius 1 is 1.62 bits per heavy atom. The van der Waals surface area contributed by atoms with Crippen LogP contribution in [0.1, 0.15) is 0 Å². The molecular formula is C4H2Br2MgS. The van der Waals surface area contributed by atoms with Crippen LogP contribution in [0, 0.1) is 5.38 Å². The molecular weight excluding hydrogens is 264 g/mol. The van der Waals surface area contributed by atoms with E-state index in [1.165, 1.54) is 0 Å². The van der Waals surface area contributed by atoms with Crippen LogP contribution in [0.25, 0.3) is 0 Å². The van der Waals surface area contributed by atoms with Gasteiger partial charge in [0.1, 0.15) is 0 Å². The van der Waals surface area contributed by atoms with E-state index >= 15 is 0 Å². The predicted octanol–water partition coefficient (Wildman–Crippen LogP) is -1.07. The van der Waals surface area contributed by atoms with Gasteiger partial charge in [-0.1, -0.05) is 0 Å². The molecule has 40 valence electrons. The van der Waals surface area contributed by atoms with Crippen molar-refractivity contribution in [2.24, 2.45) is 0 Å². The molecule has 0 spiro atoms. The zero-order chi connectivity index (χ0) is 4.41. The SMILES string of the molecule is Brc1c[c-]sc1.[Br-].[Mg+2]. The van der Waals surface area contributed by atoms with Gasteiger partial charge < -0.3 is 28.3 Å². The van der Waals surface area contributed by atoms with Crippen molar-refractivity contribution >= 4 is 50.3 Å². The molecule has 0 N–H and O–H groups in total. The first kappa shape index (κ1) is 12.1. The van der Waals surface area contributed by atoms with Crippen molar-refractivity contribution in [1.82, 2.24) is 0 Å². The minimum Gasteiger partial charge on any atom is -1.00 e. The first-order valence-electron chi connectivity index (χ1n) is 1.49. The van der Waals surface area contributed by atoms with Gasteiger partial charge in [0.25, 0.3) is 0 Å². The Morgan fingerprint density at radius 3 is 2.38 bits per heavy atom. The molecule has 0 aliphatic heterocycles. The summed E-state index contributed by atoms with van der Waals surface area (Å²) in [6, 6.07) is 1.89. The second kappa shape index (κ2) is 6.54. The van der Waals surface area contributed by atoms with E-state index in [2.05, 4.69) is 21.3 Å². The van der Waals surface area contributed by atoms with Crippen molar-refractivity contribution in [2.45, 2.75) is 0 Å². The monoisotopic (exact) mass is 264 g/mol. The normalized spacial score (nSPS) is 6.62. The molecule has 0 atom stereocenters. The smallest absolute Gasteiger partial charge is 1.00 e. The summed E-state index contributed by atoms with van der Waals surface area (Å²) < 4.78 is 1.12. The first-order valence-corrected chi connectivity index (χ1v) is 3.17. The van der Waals surface area contributed by atoms with Gasteiger partial charge in [0.05, 0.1) is 0 Å². The molecule has 0 aliphatic rings. The Balaban J connectivity index is 0. The van der Waals surface area contributed by atoms with Crippen molar-refractivity contribution in [3.63, 3.8) is 0 Å². The predicted molar refractivity (Wildman–Crippen MR) is 36.6 cm³/mol. The quantitative estimate of drug-likeness (QED) is 0.414. The number of rotatable bonds is 0. The van der Waals surface area contributed by atoms with Crippen LogP contribution < -0.4 is 17.0 Å². The molecule has 0 bridgehead atoms. The zero-order valence-electron chi connectivity index (χ0n) is 4.03. The Bertz CT molecular complexity index is 118. The number of thiophene rings is 1. The largest absolute Gasteiger partial charge is 2.00 e. The summed E-state index contributed by atoms with van der Waals surface area (Å²) in [5, 5.41) is 4.91. The van der Waals surface area contributed by atoms with Crippen molar-refractivity contribution < 1.29 is 17.0 Å². The minimum atomic E-state index is 0. The zero-order valence-corrected chi connectivity index (χ0v) is 9.43. The van der Waals surface area contributed by atoms with Gasteiger partial charge in [0.15, 0.2) is 0 Å². The average Bonchev–Trinajstić information content (AvgIpc) is 1.86. The standard InChI is InChI=1S/C4H2BrS.BrH.Mg/c5-4-1-2-6-3-4;;/h1,3H;1H;/q-1;;+2/p-1. The molecule has 0 saturated heterocycles. The second-order valence-corrected chi connectivity index (χ2v) is 2.51. The van der Waals surface area contributed by atoms with E-state index in [1.807, 2.05) is 11.4 Å². The molecule has 1 aromatic heterocycles. The molecule has 0 aliphatic carbocycles. The number of hydrogen-bond donors (Lipinski definition) is 0. The summed E-state index contributed by atoms with van der Waals surface area (Å²) >= 11 is 4.83. The van der Waals surface area contributed by atoms with E-state index in [0.29, 0.717) is 0 Å². The van der Waals surface area contributed by atoms with Crippen LogP contribution in [0.4, 0.5) is 0 Å². The van der Waals surface area contributed by atoms with Crippen molar-refractivity contribution in [3.8, 4) is 0 Å². The van der Waals surface area contributed by atoms with Crippen molar-refractivity contribution in [2.75, 3.05) is 0 Å². The maximum atomic E-state index is 3.26. The molecule has 4 heteroatoms. The summed E-state index contributed by atoms with van der Waals surface area (Å²) in [6.45, 7) is 0. The molecule has 0 amide bonds. The van der Waals surface area contributed by atoms with E-state index in [4.69, 9.17) is 0 Å². The Morgan fingerprint density at radius 2 is 2.25 bits per heavy atom. The molecule has 0 radical (unpaired) electrons. The Labute approximate surface area is 87.7 Å². The van der Waals surface area contributed by atoms with E-state index in [0.717, 1.165) is 4.47 Å². The van der Waals surface area contributed by atoms with Crippen LogP contribution in [-0.2, 0) is 0 Å². The van der Waals surface area contributed by atoms with Crippen LogP contribution in [-0.4, -0.2) is 23.1 Å². The molecule has 0 saturated carbocycles. The third-order valence-corrected chi connectivity index (χ3v) is 1.82. The molecule has 0 nitrogen and oxygen atoms in total. The molecule has 8 heavy (non-hydrogen) atoms. The summed E-state index contributed by atoms with van der Waals surface area (Å²) in [5.41, 5.74) is 0. The molecule has 1 rings (SSSR count). The van der Waals surface area contributed by atoms with Gasteiger partial charge in [-0.05, 0) is 0 Å². The third kappa shape index (κ3) is 4.32. The molecule has 0 unspecified atom stereocenters. The Hall–Kier alpha value is 1.43.